The minimum absolute atomic E-state index is 0.0999. The van der Waals surface area contributed by atoms with E-state index < -0.39 is 33.0 Å². The van der Waals surface area contributed by atoms with Gasteiger partial charge in [0.25, 0.3) is 5.92 Å². The molecule has 2 N–H and O–H groups in total. The second kappa shape index (κ2) is 12.9. The van der Waals surface area contributed by atoms with Gasteiger partial charge in [0.1, 0.15) is 17.5 Å². The Morgan fingerprint density at radius 1 is 1.34 bits per heavy atom. The largest absolute Gasteiger partial charge is 0.493 e. The molecule has 1 fully saturated rings. The van der Waals surface area contributed by atoms with Crippen LogP contribution >= 0.6 is 32.0 Å². The highest BCUT2D eigenvalue weighted by atomic mass is 35.5. The van der Waals surface area contributed by atoms with Gasteiger partial charge in [-0.3, -0.25) is 14.7 Å². The van der Waals surface area contributed by atoms with E-state index in [9.17, 15) is 13.6 Å². The molecule has 3 aliphatic rings. The van der Waals surface area contributed by atoms with Crippen LogP contribution in [-0.2, 0) is 9.32 Å². The minimum atomic E-state index is -2.94. The number of amides is 1. The minimum Gasteiger partial charge on any atom is -0.493 e. The van der Waals surface area contributed by atoms with Gasteiger partial charge < -0.3 is 23.8 Å². The summed E-state index contributed by atoms with van der Waals surface area (Å²) in [6.45, 7) is 5.43. The quantitative estimate of drug-likeness (QED) is 0.285. The number of fused-ring (bicyclic) bond motifs is 1. The number of rotatable bonds is 8. The van der Waals surface area contributed by atoms with Crippen LogP contribution in [0.15, 0.2) is 57.4 Å². The second-order valence-electron chi connectivity index (χ2n) is 8.92. The van der Waals surface area contributed by atoms with Crippen LogP contribution in [0.3, 0.4) is 0 Å². The van der Waals surface area contributed by atoms with Crippen molar-refractivity contribution in [3.8, 4) is 11.5 Å². The van der Waals surface area contributed by atoms with Crippen LogP contribution in [0.5, 0.6) is 11.5 Å². The Morgan fingerprint density at radius 3 is 2.61 bits per heavy atom. The molecule has 0 saturated heterocycles. The molecule has 2 heterocycles. The molecular weight excluding hydrogens is 561 g/mol. The maximum absolute atomic E-state index is 13.4. The van der Waals surface area contributed by atoms with Crippen LogP contribution in [0.4, 0.5) is 14.5 Å². The highest BCUT2D eigenvalue weighted by Gasteiger charge is 2.59. The molecule has 0 aromatic heterocycles. The number of benzene rings is 1. The van der Waals surface area contributed by atoms with Gasteiger partial charge in [-0.1, -0.05) is 23.8 Å². The number of nitrogens with zero attached hydrogens (tertiary/aromatic N) is 2. The molecule has 1 aromatic carbocycles. The summed E-state index contributed by atoms with van der Waals surface area (Å²) in [6.07, 6.45) is 7.79. The van der Waals surface area contributed by atoms with Crippen LogP contribution < -0.4 is 14.4 Å². The number of hydrogen-bond donors (Lipinski definition) is 2. The topological polar surface area (TPSA) is 101 Å². The third-order valence-corrected chi connectivity index (χ3v) is 7.65. The first kappa shape index (κ1) is 30.5. The molecule has 2 atom stereocenters. The van der Waals surface area contributed by atoms with E-state index in [1.54, 1.807) is 18.2 Å². The average Bonchev–Trinajstić information content (AvgIpc) is 3.21. The fourth-order valence-electron chi connectivity index (χ4n) is 4.11. The lowest BCUT2D eigenvalue weighted by molar-refractivity contribution is -0.204. The summed E-state index contributed by atoms with van der Waals surface area (Å²) >= 11 is 6.95. The summed E-state index contributed by atoms with van der Waals surface area (Å²) < 4.78 is 42.7. The summed E-state index contributed by atoms with van der Waals surface area (Å²) in [7, 11) is -1.40. The number of halogens is 3. The molecule has 0 spiro atoms. The van der Waals surface area contributed by atoms with Crippen molar-refractivity contribution in [3.63, 3.8) is 0 Å². The Morgan fingerprint density at radius 2 is 2.05 bits per heavy atom. The van der Waals surface area contributed by atoms with Crippen molar-refractivity contribution in [2.24, 2.45) is 4.99 Å². The van der Waals surface area contributed by atoms with Crippen LogP contribution in [0, 0.1) is 0 Å². The van der Waals surface area contributed by atoms with Gasteiger partial charge >= 0.3 is 8.60 Å². The Labute approximate surface area is 231 Å². The molecule has 1 saturated carbocycles. The van der Waals surface area contributed by atoms with Crippen molar-refractivity contribution < 1.29 is 37.4 Å². The molecule has 1 aliphatic carbocycles. The first-order valence-electron chi connectivity index (χ1n) is 11.6. The average molecular weight is 591 g/mol. The Kier molecular flexibility index (Phi) is 10.4. The highest BCUT2D eigenvalue weighted by Crippen LogP contribution is 2.53. The zero-order chi connectivity index (χ0) is 28.1. The number of methoxy groups -OCH3 is 1. The number of ether oxygens (including phenoxy) is 2. The van der Waals surface area contributed by atoms with Crippen molar-refractivity contribution in [1.29, 1.82) is 0 Å². The number of aliphatic imine (C=N–C) groups is 1. The third-order valence-electron chi connectivity index (χ3n) is 5.73. The van der Waals surface area contributed by atoms with Gasteiger partial charge in [0.05, 0.1) is 25.2 Å². The van der Waals surface area contributed by atoms with E-state index in [0.29, 0.717) is 5.69 Å². The summed E-state index contributed by atoms with van der Waals surface area (Å²) in [5.74, 6) is -2.51. The Balaban J connectivity index is 0.000000505. The van der Waals surface area contributed by atoms with E-state index in [2.05, 4.69) is 4.99 Å². The molecule has 13 heteroatoms. The van der Waals surface area contributed by atoms with Crippen molar-refractivity contribution in [1.82, 2.24) is 0 Å². The summed E-state index contributed by atoms with van der Waals surface area (Å²) in [4.78, 5) is 38.1. The van der Waals surface area contributed by atoms with E-state index in [0.717, 1.165) is 9.94 Å². The monoisotopic (exact) mass is 590 g/mol. The molecule has 4 rings (SSSR count). The molecule has 2 unspecified atom stereocenters. The molecule has 1 amide bonds. The second-order valence-corrected chi connectivity index (χ2v) is 11.6. The molecule has 38 heavy (non-hydrogen) atoms. The van der Waals surface area contributed by atoms with E-state index in [4.69, 9.17) is 35.4 Å². The summed E-state index contributed by atoms with van der Waals surface area (Å²) in [5, 5.41) is 0.508. The predicted molar refractivity (Wildman–Crippen MR) is 147 cm³/mol. The number of alkyl halides is 2. The van der Waals surface area contributed by atoms with E-state index in [-0.39, 0.29) is 35.3 Å². The maximum Gasteiger partial charge on any atom is 0.327 e. The normalized spacial score (nSPS) is 23.5. The molecule has 0 radical (unpaired) electrons. The summed E-state index contributed by atoms with van der Waals surface area (Å²) in [6, 6.07) is 4.61. The fourth-order valence-corrected chi connectivity index (χ4v) is 5.83. The van der Waals surface area contributed by atoms with Gasteiger partial charge in [-0.2, -0.15) is 0 Å². The van der Waals surface area contributed by atoms with Crippen LogP contribution in [-0.4, -0.2) is 58.6 Å². The van der Waals surface area contributed by atoms with E-state index >= 15 is 0 Å². The van der Waals surface area contributed by atoms with Gasteiger partial charge in [0, 0.05) is 23.9 Å². The lowest BCUT2D eigenvalue weighted by Crippen LogP contribution is -2.56. The SMILES string of the molecule is C/C=C\C=C(/C)Cl.COc1cc(N2C=NC3C=C(C)SC3C2=O)ccc1OCC1(OP(O)O)CC(F)(F)C1. The molecule has 8 nitrogen and oxygen atoms in total. The van der Waals surface area contributed by atoms with Crippen molar-refractivity contribution in [2.45, 2.75) is 56.4 Å². The highest BCUT2D eigenvalue weighted by molar-refractivity contribution is 8.04. The molecule has 2 aliphatic heterocycles. The van der Waals surface area contributed by atoms with Crippen LogP contribution in [0.25, 0.3) is 0 Å². The maximum atomic E-state index is 13.4. The molecule has 0 bridgehead atoms. The van der Waals surface area contributed by atoms with Crippen LogP contribution in [0.1, 0.15) is 33.6 Å². The van der Waals surface area contributed by atoms with E-state index in [1.165, 1.54) is 30.1 Å². The number of hydrogen-bond acceptors (Lipinski definition) is 8. The van der Waals surface area contributed by atoms with Gasteiger partial charge in [0.2, 0.25) is 5.91 Å². The zero-order valence-electron chi connectivity index (χ0n) is 21.3. The Bertz CT molecular complexity index is 1130. The standard InChI is InChI=1S/C19H21F2N2O6PS.C6H9Cl/c1-11-5-13-16(31-11)17(24)23(10-22-13)12-3-4-14(15(6-12)27-2)28-9-18(29-30(25)26)7-19(20,21)8-18;1-3-4-5-6(2)7/h3-6,10,13,16,25-26H,7-9H2,1-2H3;3-5H,1-2H3/b;4-3-,6-5+. The predicted octanol–water partition coefficient (Wildman–Crippen LogP) is 5.94. The fraction of sp³-hybridized carbons (Fsp3) is 0.440. The lowest BCUT2D eigenvalue weighted by Gasteiger charge is -2.45. The molecular formula is C25H30ClF2N2O6PS. The smallest absolute Gasteiger partial charge is 0.327 e. The van der Waals surface area contributed by atoms with E-state index in [1.807, 2.05) is 45.1 Å². The number of anilines is 1. The molecule has 208 valence electrons. The van der Waals surface area contributed by atoms with Gasteiger partial charge in [-0.15, -0.1) is 11.8 Å². The van der Waals surface area contributed by atoms with Gasteiger partial charge in [-0.25, -0.2) is 8.78 Å². The van der Waals surface area contributed by atoms with Crippen LogP contribution in [0.2, 0.25) is 0 Å². The lowest BCUT2D eigenvalue weighted by atomic mass is 9.77. The van der Waals surface area contributed by atoms with Crippen molar-refractivity contribution in [2.75, 3.05) is 18.6 Å². The first-order valence-corrected chi connectivity index (χ1v) is 14.0. The van der Waals surface area contributed by atoms with Gasteiger partial charge in [0.15, 0.2) is 11.5 Å². The number of carbonyl (C=O) groups is 1. The first-order chi connectivity index (χ1) is 17.9. The Hall–Kier alpha value is -2.01. The number of allylic oxidation sites excluding steroid dienone is 5. The van der Waals surface area contributed by atoms with Gasteiger partial charge in [-0.05, 0) is 50.0 Å². The number of carbonyl (C=O) groups excluding carboxylic acids is 1. The number of thioether (sulfide) groups is 1. The third kappa shape index (κ3) is 7.77. The zero-order valence-corrected chi connectivity index (χ0v) is 23.8. The van der Waals surface area contributed by atoms with Crippen molar-refractivity contribution >= 4 is 49.9 Å². The van der Waals surface area contributed by atoms with Crippen molar-refractivity contribution in [3.05, 3.63) is 52.4 Å². The molecule has 1 aromatic rings. The summed E-state index contributed by atoms with van der Waals surface area (Å²) in [5.41, 5.74) is -0.964.